The van der Waals surface area contributed by atoms with Gasteiger partial charge in [-0.3, -0.25) is 0 Å². The quantitative estimate of drug-likeness (QED) is 0.527. The Bertz CT molecular complexity index is 1070. The maximum absolute atomic E-state index is 2.60. The molecule has 6 atom stereocenters. The van der Waals surface area contributed by atoms with Crippen LogP contribution in [-0.4, -0.2) is 3.21 Å². The summed E-state index contributed by atoms with van der Waals surface area (Å²) in [5, 5.41) is 0. The maximum atomic E-state index is 2.60. The van der Waals surface area contributed by atoms with E-state index < -0.39 is 22.8 Å². The van der Waals surface area contributed by atoms with E-state index in [4.69, 9.17) is 0 Å². The van der Waals surface area contributed by atoms with Crippen molar-refractivity contribution in [1.82, 2.24) is 0 Å². The van der Waals surface area contributed by atoms with Gasteiger partial charge in [0.05, 0.1) is 0 Å². The first-order valence-electron chi connectivity index (χ1n) is 12.3. The van der Waals surface area contributed by atoms with Gasteiger partial charge in [-0.05, 0) is 0 Å². The number of rotatable bonds is 4. The molecule has 4 aliphatic rings. The van der Waals surface area contributed by atoms with E-state index in [0.29, 0.717) is 0 Å². The van der Waals surface area contributed by atoms with Crippen LogP contribution in [0.1, 0.15) is 36.8 Å². The molecule has 6 unspecified atom stereocenters. The Morgan fingerprint density at radius 3 is 2.00 bits per heavy atom. The molecule has 0 N–H and O–H groups in total. The second-order valence-corrected chi connectivity index (χ2v) is 13.4. The first kappa shape index (κ1) is 25.8. The molecule has 0 nitrogen and oxygen atoms in total. The Morgan fingerprint density at radius 2 is 1.38 bits per heavy atom. The minimum atomic E-state index is -0.876. The molecular weight excluding hydrogens is 534 g/mol. The summed E-state index contributed by atoms with van der Waals surface area (Å²) in [6, 6.07) is 22.6. The minimum Gasteiger partial charge on any atom is -1.00 e. The van der Waals surface area contributed by atoms with Crippen LogP contribution < -0.4 is 24.8 Å². The fourth-order valence-electron chi connectivity index (χ4n) is 6.98. The predicted octanol–water partition coefficient (Wildman–Crippen LogP) is 1.43. The summed E-state index contributed by atoms with van der Waals surface area (Å²) in [5.74, 6) is 4.06. The minimum absolute atomic E-state index is 0. The molecule has 173 valence electrons. The van der Waals surface area contributed by atoms with Crippen LogP contribution in [0.4, 0.5) is 0 Å². The first-order valence-corrected chi connectivity index (χ1v) is 15.0. The van der Waals surface area contributed by atoms with Crippen molar-refractivity contribution in [2.75, 3.05) is 0 Å². The molecule has 0 amide bonds. The predicted molar refractivity (Wildman–Crippen MR) is 131 cm³/mol. The average Bonchev–Trinajstić information content (AvgIpc) is 3.51. The van der Waals surface area contributed by atoms with Gasteiger partial charge in [0.15, 0.2) is 0 Å². The second kappa shape index (κ2) is 11.6. The van der Waals surface area contributed by atoms with Gasteiger partial charge in [-0.25, -0.2) is 0 Å². The molecule has 6 rings (SSSR count). The number of allylic oxidation sites excluding steroid dienone is 8. The second-order valence-electron chi connectivity index (χ2n) is 9.85. The molecule has 3 heteroatoms. The number of hydrogen-bond donors (Lipinski definition) is 0. The van der Waals surface area contributed by atoms with Crippen molar-refractivity contribution >= 4 is 3.21 Å². The molecule has 0 bridgehead atoms. The zero-order valence-corrected chi connectivity index (χ0v) is 23.3. The molecule has 2 fully saturated rings. The standard InChI is InChI=1S/C18H21.C13H10.2ClH.Zr/c1-2-7-13(6-1)15-10-5-11-17-16-9-4-3-8-14(16)12-18(15)17;1-3-7-12(8-4-1)11-13-9-5-2-6-10-13;;;/h1-4,6,8-9,12,14-18H,5,7,10-11H2;1-10H;2*1H;/q;;;;+2/p-2. The SMILES string of the molecule is C1=CCC(C2CCCC3C4C=CC=CC4[CH]([Zr+2]=[C](c4ccccc4)c4ccccc4)C23)=C1.[Cl-].[Cl-]. The van der Waals surface area contributed by atoms with Crippen molar-refractivity contribution in [3.8, 4) is 0 Å². The summed E-state index contributed by atoms with van der Waals surface area (Å²) in [7, 11) is 0. The molecule has 0 radical (unpaired) electrons. The number of hydrogen-bond acceptors (Lipinski definition) is 0. The number of halogens is 2. The molecule has 0 spiro atoms. The number of fused-ring (bicyclic) bond motifs is 3. The van der Waals surface area contributed by atoms with Crippen molar-refractivity contribution in [3.05, 3.63) is 120 Å². The average molecular weight is 566 g/mol. The molecule has 0 heterocycles. The van der Waals surface area contributed by atoms with Gasteiger partial charge in [0.25, 0.3) is 0 Å². The van der Waals surface area contributed by atoms with Gasteiger partial charge in [-0.1, -0.05) is 0 Å². The van der Waals surface area contributed by atoms with E-state index in [1.807, 2.05) is 0 Å². The van der Waals surface area contributed by atoms with Crippen molar-refractivity contribution in [2.24, 2.45) is 29.6 Å². The molecule has 34 heavy (non-hydrogen) atoms. The fourth-order valence-corrected chi connectivity index (χ4v) is 12.4. The van der Waals surface area contributed by atoms with E-state index in [2.05, 4.69) is 103 Å². The zero-order valence-electron chi connectivity index (χ0n) is 19.4. The summed E-state index contributed by atoms with van der Waals surface area (Å²) in [6.07, 6.45) is 22.5. The van der Waals surface area contributed by atoms with E-state index in [9.17, 15) is 0 Å². The van der Waals surface area contributed by atoms with E-state index in [1.165, 1.54) is 36.8 Å². The van der Waals surface area contributed by atoms with Crippen LogP contribution in [0.2, 0.25) is 3.63 Å². The van der Waals surface area contributed by atoms with E-state index >= 15 is 0 Å². The molecular formula is C31H31Cl2Zr. The Kier molecular flexibility index (Phi) is 8.84. The zero-order chi connectivity index (χ0) is 21.3. The summed E-state index contributed by atoms with van der Waals surface area (Å²) >= 11 is -0.876. The van der Waals surface area contributed by atoms with E-state index in [1.54, 1.807) is 8.78 Å². The molecule has 2 saturated carbocycles. The Hall–Kier alpha value is -1.27. The first-order chi connectivity index (χ1) is 15.9. The third-order valence-corrected chi connectivity index (χ3v) is 13.1. The molecule has 0 aliphatic heterocycles. The van der Waals surface area contributed by atoms with Crippen LogP contribution in [0.25, 0.3) is 0 Å². The maximum Gasteiger partial charge on any atom is -1.00 e. The van der Waals surface area contributed by atoms with Crippen molar-refractivity contribution in [2.45, 2.75) is 29.3 Å². The Morgan fingerprint density at radius 1 is 0.735 bits per heavy atom. The van der Waals surface area contributed by atoms with Crippen molar-refractivity contribution in [3.63, 3.8) is 0 Å². The Labute approximate surface area is 228 Å². The van der Waals surface area contributed by atoms with Gasteiger partial charge in [0.2, 0.25) is 0 Å². The van der Waals surface area contributed by atoms with Crippen LogP contribution >= 0.6 is 0 Å². The van der Waals surface area contributed by atoms with E-state index in [-0.39, 0.29) is 24.8 Å². The van der Waals surface area contributed by atoms with Crippen LogP contribution in [0.3, 0.4) is 0 Å². The van der Waals surface area contributed by atoms with Gasteiger partial charge < -0.3 is 24.8 Å². The summed E-state index contributed by atoms with van der Waals surface area (Å²) < 4.78 is 2.57. The van der Waals surface area contributed by atoms with E-state index in [0.717, 1.165) is 33.2 Å². The molecule has 4 aliphatic carbocycles. The van der Waals surface area contributed by atoms with Crippen molar-refractivity contribution < 1.29 is 47.6 Å². The van der Waals surface area contributed by atoms with Crippen LogP contribution in [0.15, 0.2) is 109 Å². The third kappa shape index (κ3) is 4.86. The molecule has 0 aromatic heterocycles. The van der Waals surface area contributed by atoms with Gasteiger partial charge in [-0.2, -0.15) is 0 Å². The molecule has 2 aromatic carbocycles. The monoisotopic (exact) mass is 563 g/mol. The van der Waals surface area contributed by atoms with Gasteiger partial charge >= 0.3 is 205 Å². The van der Waals surface area contributed by atoms with Crippen LogP contribution in [0, 0.1) is 29.6 Å². The van der Waals surface area contributed by atoms with Gasteiger partial charge in [0, 0.05) is 0 Å². The number of benzene rings is 2. The summed E-state index contributed by atoms with van der Waals surface area (Å²) in [5.41, 5.74) is 4.67. The van der Waals surface area contributed by atoms with Crippen LogP contribution in [-0.2, 0) is 22.8 Å². The topological polar surface area (TPSA) is 0 Å². The third-order valence-electron chi connectivity index (χ3n) is 8.27. The summed E-state index contributed by atoms with van der Waals surface area (Å²) in [4.78, 5) is 0. The molecule has 2 aromatic rings. The largest absolute Gasteiger partial charge is 1.00 e. The summed E-state index contributed by atoms with van der Waals surface area (Å²) in [6.45, 7) is 0. The fraction of sp³-hybridized carbons (Fsp3) is 0.323. The molecule has 0 saturated heterocycles. The van der Waals surface area contributed by atoms with Crippen LogP contribution in [0.5, 0.6) is 0 Å². The normalized spacial score (nSPS) is 30.3. The van der Waals surface area contributed by atoms with Gasteiger partial charge in [-0.15, -0.1) is 0 Å². The smallest absolute Gasteiger partial charge is 1.00 e. The van der Waals surface area contributed by atoms with Gasteiger partial charge in [0.1, 0.15) is 0 Å². The van der Waals surface area contributed by atoms with Crippen molar-refractivity contribution in [1.29, 1.82) is 0 Å². The Balaban J connectivity index is 0.00000137.